The number of nitrogens with one attached hydrogen (secondary N) is 2. The molecule has 1 saturated heterocycles. The second kappa shape index (κ2) is 10.3. The summed E-state index contributed by atoms with van der Waals surface area (Å²) in [7, 11) is 0. The molecule has 8 nitrogen and oxygen atoms in total. The number of ether oxygens (including phenoxy) is 2. The number of benzene rings is 2. The van der Waals surface area contributed by atoms with Crippen molar-refractivity contribution in [3.05, 3.63) is 83.7 Å². The predicted octanol–water partition coefficient (Wildman–Crippen LogP) is 3.68. The zero-order valence-electron chi connectivity index (χ0n) is 22.4. The maximum atomic E-state index is 14.0. The zero-order chi connectivity index (χ0) is 28.0. The molecule has 1 aromatic heterocycles. The molecule has 10 heteroatoms. The summed E-state index contributed by atoms with van der Waals surface area (Å²) < 4.78 is 41.8. The third kappa shape index (κ3) is 5.05. The van der Waals surface area contributed by atoms with Crippen molar-refractivity contribution in [2.24, 2.45) is 0 Å². The van der Waals surface area contributed by atoms with Crippen LogP contribution >= 0.6 is 0 Å². The third-order valence-corrected chi connectivity index (χ3v) is 8.77. The van der Waals surface area contributed by atoms with Crippen LogP contribution in [0.5, 0.6) is 0 Å². The lowest BCUT2D eigenvalue weighted by atomic mass is 9.74. The molecule has 3 N–H and O–H groups in total. The van der Waals surface area contributed by atoms with Crippen molar-refractivity contribution >= 4 is 5.91 Å². The molecule has 2 aromatic carbocycles. The van der Waals surface area contributed by atoms with Crippen molar-refractivity contribution in [3.8, 4) is 5.69 Å². The maximum absolute atomic E-state index is 14.0. The summed E-state index contributed by atoms with van der Waals surface area (Å²) in [6.45, 7) is 2.70. The van der Waals surface area contributed by atoms with Crippen LogP contribution in [0.3, 0.4) is 0 Å². The van der Waals surface area contributed by atoms with Crippen molar-refractivity contribution in [2.75, 3.05) is 19.8 Å². The van der Waals surface area contributed by atoms with Gasteiger partial charge in [0.05, 0.1) is 30.5 Å². The topological polar surface area (TPSA) is 97.6 Å². The van der Waals surface area contributed by atoms with Crippen LogP contribution in [-0.2, 0) is 19.8 Å². The van der Waals surface area contributed by atoms with E-state index < -0.39 is 40.5 Å². The van der Waals surface area contributed by atoms with Crippen LogP contribution in [0.25, 0.3) is 5.69 Å². The largest absolute Gasteiger partial charge is 0.389 e. The quantitative estimate of drug-likeness (QED) is 0.395. The highest BCUT2D eigenvalue weighted by atomic mass is 19.1. The fourth-order valence-corrected chi connectivity index (χ4v) is 6.64. The van der Waals surface area contributed by atoms with Crippen LogP contribution in [0.2, 0.25) is 0 Å². The summed E-state index contributed by atoms with van der Waals surface area (Å²) in [5.74, 6) is -2.67. The minimum atomic E-state index is -1.02. The minimum Gasteiger partial charge on any atom is -0.389 e. The second-order valence-corrected chi connectivity index (χ2v) is 11.3. The van der Waals surface area contributed by atoms with Crippen molar-refractivity contribution < 1.29 is 28.2 Å². The first-order chi connectivity index (χ1) is 19.2. The van der Waals surface area contributed by atoms with Gasteiger partial charge in [-0.2, -0.15) is 5.10 Å². The number of hydrogen-bond donors (Lipinski definition) is 3. The van der Waals surface area contributed by atoms with E-state index in [1.54, 1.807) is 10.9 Å². The summed E-state index contributed by atoms with van der Waals surface area (Å²) >= 11 is 0. The lowest BCUT2D eigenvalue weighted by Gasteiger charge is -2.45. The standard InChI is InChI=1S/C30H34F2N4O4/c1-20(37)35-30(18-26(30)21-14-23(31)17-24(32)15-21)27(38)19-33-28(6-8-29(9-7-28)39-12-13-40-29)22-4-2-5-25(16-22)36-11-3-10-34-36/h2-5,10-11,14-17,26-27,33,38H,6-9,12-13,18-19H2,1H3,(H,35,37)/t26?,27-,30?/m1/s1. The van der Waals surface area contributed by atoms with Crippen molar-refractivity contribution in [1.29, 1.82) is 0 Å². The number of amides is 1. The Balaban J connectivity index is 1.27. The molecule has 2 saturated carbocycles. The molecule has 0 bridgehead atoms. The molecule has 3 atom stereocenters. The number of carbonyl (C=O) groups is 1. The van der Waals surface area contributed by atoms with E-state index in [2.05, 4.69) is 27.9 Å². The molecule has 2 unspecified atom stereocenters. The Hall–Kier alpha value is -3.18. The van der Waals surface area contributed by atoms with E-state index >= 15 is 0 Å². The molecule has 40 heavy (non-hydrogen) atoms. The first-order valence-electron chi connectivity index (χ1n) is 13.8. The van der Waals surface area contributed by atoms with Gasteiger partial charge in [-0.1, -0.05) is 12.1 Å². The Labute approximate surface area is 231 Å². The predicted molar refractivity (Wildman–Crippen MR) is 143 cm³/mol. The van der Waals surface area contributed by atoms with Gasteiger partial charge in [-0.3, -0.25) is 4.79 Å². The lowest BCUT2D eigenvalue weighted by Crippen LogP contribution is -2.56. The van der Waals surface area contributed by atoms with Crippen LogP contribution in [0, 0.1) is 11.6 Å². The van der Waals surface area contributed by atoms with Gasteiger partial charge in [-0.05, 0) is 60.7 Å². The van der Waals surface area contributed by atoms with Gasteiger partial charge >= 0.3 is 0 Å². The number of nitrogens with zero attached hydrogens (tertiary/aromatic N) is 2. The van der Waals surface area contributed by atoms with Gasteiger partial charge in [0.2, 0.25) is 5.91 Å². The van der Waals surface area contributed by atoms with Gasteiger partial charge in [0.15, 0.2) is 5.79 Å². The third-order valence-electron chi connectivity index (χ3n) is 8.77. The average Bonchev–Trinajstić information content (AvgIpc) is 3.25. The van der Waals surface area contributed by atoms with Crippen LogP contribution < -0.4 is 10.6 Å². The average molecular weight is 553 g/mol. The van der Waals surface area contributed by atoms with E-state index in [0.29, 0.717) is 50.9 Å². The molecule has 1 aliphatic heterocycles. The number of aliphatic hydroxyl groups excluding tert-OH is 1. The molecule has 3 fully saturated rings. The van der Waals surface area contributed by atoms with Crippen LogP contribution in [0.1, 0.15) is 56.1 Å². The van der Waals surface area contributed by atoms with E-state index in [0.717, 1.165) is 17.3 Å². The number of aliphatic hydroxyl groups is 1. The van der Waals surface area contributed by atoms with E-state index in [9.17, 15) is 18.7 Å². The van der Waals surface area contributed by atoms with Crippen molar-refractivity contribution in [1.82, 2.24) is 20.4 Å². The molecule has 3 aromatic rings. The summed E-state index contributed by atoms with van der Waals surface area (Å²) in [6.07, 6.45) is 5.77. The molecule has 1 spiro atoms. The Kier molecular flexibility index (Phi) is 6.98. The Morgan fingerprint density at radius 2 is 1.82 bits per heavy atom. The highest BCUT2D eigenvalue weighted by Crippen LogP contribution is 2.54. The highest BCUT2D eigenvalue weighted by molar-refractivity contribution is 5.75. The molecular formula is C30H34F2N4O4. The van der Waals surface area contributed by atoms with Crippen molar-refractivity contribution in [3.63, 3.8) is 0 Å². The molecule has 2 heterocycles. The van der Waals surface area contributed by atoms with Crippen molar-refractivity contribution in [2.45, 2.75) is 67.9 Å². The fourth-order valence-electron chi connectivity index (χ4n) is 6.64. The molecule has 3 aliphatic rings. The molecular weight excluding hydrogens is 518 g/mol. The van der Waals surface area contributed by atoms with E-state index in [-0.39, 0.29) is 12.5 Å². The molecule has 212 valence electrons. The zero-order valence-corrected chi connectivity index (χ0v) is 22.4. The number of rotatable bonds is 8. The summed E-state index contributed by atoms with van der Waals surface area (Å²) in [5, 5.41) is 22.5. The summed E-state index contributed by atoms with van der Waals surface area (Å²) in [6, 6.07) is 13.4. The molecule has 0 radical (unpaired) electrons. The van der Waals surface area contributed by atoms with Gasteiger partial charge in [0.25, 0.3) is 0 Å². The van der Waals surface area contributed by atoms with E-state index in [1.807, 2.05) is 24.4 Å². The summed E-state index contributed by atoms with van der Waals surface area (Å²) in [5.41, 5.74) is 0.862. The van der Waals surface area contributed by atoms with Crippen LogP contribution in [-0.4, -0.2) is 58.0 Å². The molecule has 6 rings (SSSR count). The second-order valence-electron chi connectivity index (χ2n) is 11.3. The van der Waals surface area contributed by atoms with Gasteiger partial charge in [-0.15, -0.1) is 0 Å². The smallest absolute Gasteiger partial charge is 0.217 e. The Morgan fingerprint density at radius 1 is 1.10 bits per heavy atom. The minimum absolute atomic E-state index is 0.162. The SMILES string of the molecule is CC(=O)NC1([C@H](O)CNC2(c3cccc(-n4cccn4)c3)CCC3(CC2)OCCO3)CC1c1cc(F)cc(F)c1. The van der Waals surface area contributed by atoms with Crippen LogP contribution in [0.4, 0.5) is 8.78 Å². The highest BCUT2D eigenvalue weighted by Gasteiger charge is 2.60. The van der Waals surface area contributed by atoms with Crippen LogP contribution in [0.15, 0.2) is 60.9 Å². The Morgan fingerprint density at radius 3 is 2.48 bits per heavy atom. The lowest BCUT2D eigenvalue weighted by molar-refractivity contribution is -0.187. The normalized spacial score (nSPS) is 25.6. The Bertz CT molecular complexity index is 1350. The summed E-state index contributed by atoms with van der Waals surface area (Å²) in [4.78, 5) is 12.2. The molecule has 2 aliphatic carbocycles. The number of halogens is 2. The van der Waals surface area contributed by atoms with E-state index in [1.165, 1.54) is 19.1 Å². The maximum Gasteiger partial charge on any atom is 0.217 e. The number of hydrogen-bond acceptors (Lipinski definition) is 6. The molecule has 1 amide bonds. The van der Waals surface area contributed by atoms with Gasteiger partial charge in [-0.25, -0.2) is 13.5 Å². The number of carbonyl (C=O) groups excluding carboxylic acids is 1. The van der Waals surface area contributed by atoms with E-state index in [4.69, 9.17) is 9.47 Å². The fraction of sp³-hybridized carbons (Fsp3) is 0.467. The first kappa shape index (κ1) is 27.0. The van der Waals surface area contributed by atoms with Gasteiger partial charge in [0, 0.05) is 56.2 Å². The van der Waals surface area contributed by atoms with Gasteiger partial charge in [0.1, 0.15) is 11.6 Å². The van der Waals surface area contributed by atoms with Gasteiger partial charge < -0.3 is 25.2 Å². The monoisotopic (exact) mass is 552 g/mol. The first-order valence-corrected chi connectivity index (χ1v) is 13.8. The number of aromatic nitrogens is 2.